The van der Waals surface area contributed by atoms with Crippen LogP contribution in [0.4, 0.5) is 0 Å². The van der Waals surface area contributed by atoms with Gasteiger partial charge in [0.25, 0.3) is 0 Å². The van der Waals surface area contributed by atoms with E-state index >= 15 is 0 Å². The van der Waals surface area contributed by atoms with Crippen molar-refractivity contribution in [2.45, 2.75) is 45.3 Å². The van der Waals surface area contributed by atoms with Gasteiger partial charge in [-0.2, -0.15) is 0 Å². The van der Waals surface area contributed by atoms with Gasteiger partial charge in [0.15, 0.2) is 5.78 Å². The maximum Gasteiger partial charge on any atom is 0.309 e. The van der Waals surface area contributed by atoms with Gasteiger partial charge in [-0.05, 0) is 31.9 Å². The lowest BCUT2D eigenvalue weighted by Crippen LogP contribution is -2.60. The quantitative estimate of drug-likeness (QED) is 0.451. The fraction of sp³-hybridized carbons (Fsp3) is 0.733. The molecule has 0 bridgehead atoms. The van der Waals surface area contributed by atoms with Gasteiger partial charge in [0.05, 0.1) is 5.92 Å². The Morgan fingerprint density at radius 1 is 1.40 bits per heavy atom. The van der Waals surface area contributed by atoms with E-state index < -0.39 is 11.0 Å². The van der Waals surface area contributed by atoms with E-state index in [1.54, 1.807) is 13.0 Å². The van der Waals surface area contributed by atoms with Gasteiger partial charge in [-0.25, -0.2) is 4.89 Å². The first-order valence-electron chi connectivity index (χ1n) is 7.10. The summed E-state index contributed by atoms with van der Waals surface area (Å²) in [5.41, 5.74) is -1.66. The highest BCUT2D eigenvalue weighted by atomic mass is 17.1. The van der Waals surface area contributed by atoms with Crippen molar-refractivity contribution in [1.82, 2.24) is 0 Å². The van der Waals surface area contributed by atoms with Crippen LogP contribution < -0.4 is 0 Å². The van der Waals surface area contributed by atoms with Crippen LogP contribution in [0, 0.1) is 23.2 Å². The molecule has 1 heterocycles. The van der Waals surface area contributed by atoms with E-state index in [2.05, 4.69) is 0 Å². The van der Waals surface area contributed by atoms with Crippen molar-refractivity contribution in [3.8, 4) is 0 Å². The Balaban J connectivity index is 2.09. The summed E-state index contributed by atoms with van der Waals surface area (Å²) in [5, 5.41) is 9.34. The molecule has 5 nitrogen and oxygen atoms in total. The molecule has 0 spiro atoms. The molecule has 0 amide bonds. The molecule has 0 aromatic heterocycles. The fourth-order valence-electron chi connectivity index (χ4n) is 4.36. The van der Waals surface area contributed by atoms with E-state index in [0.717, 1.165) is 6.42 Å². The van der Waals surface area contributed by atoms with Crippen LogP contribution in [0.25, 0.3) is 0 Å². The molecule has 3 aliphatic rings. The van der Waals surface area contributed by atoms with Crippen LogP contribution in [-0.2, 0) is 19.2 Å². The summed E-state index contributed by atoms with van der Waals surface area (Å²) in [5.74, 6) is -0.620. The number of ketones is 1. The van der Waals surface area contributed by atoms with Gasteiger partial charge in [0, 0.05) is 17.3 Å². The number of esters is 1. The van der Waals surface area contributed by atoms with E-state index in [0.29, 0.717) is 6.42 Å². The Hall–Kier alpha value is -1.20. The maximum atomic E-state index is 12.3. The third kappa shape index (κ3) is 1.56. The lowest BCUT2D eigenvalue weighted by molar-refractivity contribution is -0.334. The lowest BCUT2D eigenvalue weighted by atomic mass is 9.53. The van der Waals surface area contributed by atoms with Crippen LogP contribution in [0.2, 0.25) is 0 Å². The first kappa shape index (κ1) is 13.8. The first-order valence-corrected chi connectivity index (χ1v) is 7.10. The SMILES string of the molecule is C[C@@H]1C(=O)O[C@H]2[C@@H]1CC[C@@]1(C)C(=O)C=C[C@@](C)(OO)[C@H]21. The van der Waals surface area contributed by atoms with Crippen LogP contribution in [0.1, 0.15) is 33.6 Å². The number of carbonyl (C=O) groups is 2. The molecular weight excluding hydrogens is 260 g/mol. The van der Waals surface area contributed by atoms with E-state index in [9.17, 15) is 14.8 Å². The molecule has 3 rings (SSSR count). The van der Waals surface area contributed by atoms with Crippen molar-refractivity contribution in [2.24, 2.45) is 23.2 Å². The second-order valence-electron chi connectivity index (χ2n) is 6.76. The van der Waals surface area contributed by atoms with Gasteiger partial charge < -0.3 is 4.74 Å². The standard InChI is InChI=1S/C15H20O5/c1-8-9-4-6-14(2)10(16)5-7-15(3,20-18)12(14)11(9)19-13(8)17/h5,7-9,11-12,18H,4,6H2,1-3H3/t8-,9+,11-,12+,14-,15+/m0/s1. The molecule has 1 N–H and O–H groups in total. The molecule has 2 fully saturated rings. The number of allylic oxidation sites excluding steroid dienone is 1. The fourth-order valence-corrected chi connectivity index (χ4v) is 4.36. The molecule has 6 atom stereocenters. The van der Waals surface area contributed by atoms with Crippen molar-refractivity contribution in [3.05, 3.63) is 12.2 Å². The number of fused-ring (bicyclic) bond motifs is 3. The summed E-state index contributed by atoms with van der Waals surface area (Å²) in [6, 6.07) is 0. The minimum Gasteiger partial charge on any atom is -0.461 e. The molecule has 110 valence electrons. The summed E-state index contributed by atoms with van der Waals surface area (Å²) in [6.45, 7) is 5.49. The highest BCUT2D eigenvalue weighted by Gasteiger charge is 2.63. The smallest absolute Gasteiger partial charge is 0.309 e. The van der Waals surface area contributed by atoms with Crippen LogP contribution in [0.15, 0.2) is 12.2 Å². The normalized spacial score (nSPS) is 50.6. The minimum atomic E-state index is -1.00. The summed E-state index contributed by atoms with van der Waals surface area (Å²) in [4.78, 5) is 28.9. The zero-order chi connectivity index (χ0) is 14.7. The maximum absolute atomic E-state index is 12.3. The Kier molecular flexibility index (Phi) is 2.86. The van der Waals surface area contributed by atoms with Gasteiger partial charge in [-0.1, -0.05) is 13.8 Å². The number of hydrogen-bond donors (Lipinski definition) is 1. The Morgan fingerprint density at radius 2 is 2.10 bits per heavy atom. The number of hydrogen-bond acceptors (Lipinski definition) is 5. The van der Waals surface area contributed by atoms with E-state index in [4.69, 9.17) is 9.62 Å². The van der Waals surface area contributed by atoms with Crippen molar-refractivity contribution in [3.63, 3.8) is 0 Å². The largest absolute Gasteiger partial charge is 0.461 e. The Morgan fingerprint density at radius 3 is 2.75 bits per heavy atom. The second-order valence-corrected chi connectivity index (χ2v) is 6.76. The number of carbonyl (C=O) groups excluding carboxylic acids is 2. The molecule has 1 saturated carbocycles. The molecule has 20 heavy (non-hydrogen) atoms. The minimum absolute atomic E-state index is 0.0195. The molecular formula is C15H20O5. The molecule has 0 aromatic carbocycles. The van der Waals surface area contributed by atoms with Crippen molar-refractivity contribution in [1.29, 1.82) is 0 Å². The van der Waals surface area contributed by atoms with Crippen LogP contribution in [-0.4, -0.2) is 28.7 Å². The Bertz CT molecular complexity index is 498. The number of ether oxygens (including phenoxy) is 1. The Labute approximate surface area is 117 Å². The zero-order valence-corrected chi connectivity index (χ0v) is 12.0. The van der Waals surface area contributed by atoms with E-state index in [1.165, 1.54) is 6.08 Å². The number of rotatable bonds is 1. The summed E-state index contributed by atoms with van der Waals surface area (Å²) in [7, 11) is 0. The highest BCUT2D eigenvalue weighted by Crippen LogP contribution is 2.56. The summed E-state index contributed by atoms with van der Waals surface area (Å²) in [6.07, 6.45) is 4.16. The average Bonchev–Trinajstić information content (AvgIpc) is 2.70. The van der Waals surface area contributed by atoms with Crippen molar-refractivity contribution in [2.75, 3.05) is 0 Å². The molecule has 1 saturated heterocycles. The van der Waals surface area contributed by atoms with Crippen molar-refractivity contribution >= 4 is 11.8 Å². The predicted molar refractivity (Wildman–Crippen MR) is 69.6 cm³/mol. The topological polar surface area (TPSA) is 72.8 Å². The first-order chi connectivity index (χ1) is 9.33. The van der Waals surface area contributed by atoms with Gasteiger partial charge in [-0.15, -0.1) is 0 Å². The van der Waals surface area contributed by atoms with Crippen LogP contribution in [0.3, 0.4) is 0 Å². The molecule has 2 aliphatic carbocycles. The van der Waals surface area contributed by atoms with E-state index in [-0.39, 0.29) is 35.6 Å². The molecule has 0 unspecified atom stereocenters. The van der Waals surface area contributed by atoms with Crippen LogP contribution >= 0.6 is 0 Å². The average molecular weight is 280 g/mol. The molecule has 1 aliphatic heterocycles. The summed E-state index contributed by atoms with van der Waals surface area (Å²) >= 11 is 0. The second kappa shape index (κ2) is 4.15. The lowest BCUT2D eigenvalue weighted by Gasteiger charge is -2.52. The summed E-state index contributed by atoms with van der Waals surface area (Å²) < 4.78 is 5.54. The van der Waals surface area contributed by atoms with E-state index in [1.807, 2.05) is 13.8 Å². The molecule has 5 heteroatoms. The third-order valence-corrected chi connectivity index (χ3v) is 5.64. The predicted octanol–water partition coefficient (Wildman–Crippen LogP) is 1.97. The third-order valence-electron chi connectivity index (χ3n) is 5.64. The molecule has 0 radical (unpaired) electrons. The van der Waals surface area contributed by atoms with Gasteiger partial charge >= 0.3 is 5.97 Å². The zero-order valence-electron chi connectivity index (χ0n) is 12.0. The van der Waals surface area contributed by atoms with Crippen LogP contribution in [0.5, 0.6) is 0 Å². The monoisotopic (exact) mass is 280 g/mol. The molecule has 0 aromatic rings. The van der Waals surface area contributed by atoms with Gasteiger partial charge in [-0.3, -0.25) is 14.8 Å². The highest BCUT2D eigenvalue weighted by molar-refractivity contribution is 5.96. The van der Waals surface area contributed by atoms with Gasteiger partial charge in [0.2, 0.25) is 0 Å². The van der Waals surface area contributed by atoms with Crippen molar-refractivity contribution < 1.29 is 24.5 Å². The van der Waals surface area contributed by atoms with Gasteiger partial charge in [0.1, 0.15) is 11.7 Å².